The van der Waals surface area contributed by atoms with E-state index < -0.39 is 10.0 Å². The van der Waals surface area contributed by atoms with Crippen molar-refractivity contribution in [1.82, 2.24) is 10.2 Å². The lowest BCUT2D eigenvalue weighted by Gasteiger charge is -2.34. The number of benzene rings is 2. The Kier molecular flexibility index (Phi) is 4.85. The van der Waals surface area contributed by atoms with Crippen molar-refractivity contribution in [2.75, 3.05) is 13.1 Å². The van der Waals surface area contributed by atoms with Gasteiger partial charge in [-0.1, -0.05) is 36.4 Å². The molecule has 1 aliphatic carbocycles. The Balaban J connectivity index is 1.25. The highest BCUT2D eigenvalue weighted by molar-refractivity contribution is 7.90. The lowest BCUT2D eigenvalue weighted by Crippen LogP contribution is -2.44. The average molecular weight is 424 g/mol. The third-order valence-corrected chi connectivity index (χ3v) is 7.79. The van der Waals surface area contributed by atoms with Crippen molar-refractivity contribution in [3.8, 4) is 0 Å². The summed E-state index contributed by atoms with van der Waals surface area (Å²) < 4.78 is 28.7. The van der Waals surface area contributed by atoms with Crippen LogP contribution in [0.5, 0.6) is 0 Å². The highest BCUT2D eigenvalue weighted by Gasteiger charge is 2.35. The highest BCUT2D eigenvalue weighted by Crippen LogP contribution is 2.32. The molecule has 1 N–H and O–H groups in total. The first-order valence-electron chi connectivity index (χ1n) is 10.6. The Bertz CT molecular complexity index is 1120. The zero-order valence-electron chi connectivity index (χ0n) is 16.8. The van der Waals surface area contributed by atoms with Crippen LogP contribution < -0.4 is 5.32 Å². The third kappa shape index (κ3) is 3.41. The van der Waals surface area contributed by atoms with E-state index in [-0.39, 0.29) is 22.8 Å². The number of nitrogens with zero attached hydrogens (tertiary/aromatic N) is 2. The monoisotopic (exact) mass is 423 g/mol. The molecule has 2 heterocycles. The SMILES string of the molecule is O=C(N[C@@H]1CCCc2ccccc21)C1CCN(C2=NS(=O)(=O)c3ccccc32)CC1. The molecule has 6 nitrogen and oxygen atoms in total. The maximum absolute atomic E-state index is 12.9. The predicted octanol–water partition coefficient (Wildman–Crippen LogP) is 3.04. The zero-order valence-corrected chi connectivity index (χ0v) is 17.6. The fraction of sp³-hybridized carbons (Fsp3) is 0.391. The van der Waals surface area contributed by atoms with E-state index in [1.54, 1.807) is 18.2 Å². The Morgan fingerprint density at radius 3 is 2.57 bits per heavy atom. The number of carbonyl (C=O) groups excluding carboxylic acids is 1. The van der Waals surface area contributed by atoms with Crippen molar-refractivity contribution in [1.29, 1.82) is 0 Å². The van der Waals surface area contributed by atoms with Crippen LogP contribution >= 0.6 is 0 Å². The second kappa shape index (κ2) is 7.54. The van der Waals surface area contributed by atoms with Crippen molar-refractivity contribution in [2.24, 2.45) is 10.3 Å². The summed E-state index contributed by atoms with van der Waals surface area (Å²) in [6.07, 6.45) is 4.54. The smallest absolute Gasteiger partial charge is 0.285 e. The summed E-state index contributed by atoms with van der Waals surface area (Å²) in [7, 11) is -3.61. The molecule has 0 bridgehead atoms. The maximum atomic E-state index is 12.9. The van der Waals surface area contributed by atoms with Gasteiger partial charge in [0.25, 0.3) is 10.0 Å². The molecule has 0 radical (unpaired) electrons. The fourth-order valence-electron chi connectivity index (χ4n) is 4.86. The van der Waals surface area contributed by atoms with Crippen molar-refractivity contribution in [2.45, 2.75) is 43.0 Å². The molecule has 1 fully saturated rings. The van der Waals surface area contributed by atoms with Crippen LogP contribution in [0.1, 0.15) is 48.4 Å². The van der Waals surface area contributed by atoms with Gasteiger partial charge in [-0.2, -0.15) is 8.42 Å². The Labute approximate surface area is 177 Å². The van der Waals surface area contributed by atoms with E-state index in [0.717, 1.165) is 19.3 Å². The molecule has 1 atom stereocenters. The van der Waals surface area contributed by atoms with Crippen molar-refractivity contribution in [3.63, 3.8) is 0 Å². The minimum Gasteiger partial charge on any atom is -0.355 e. The van der Waals surface area contributed by atoms with Crippen LogP contribution in [-0.4, -0.2) is 38.2 Å². The van der Waals surface area contributed by atoms with Crippen LogP contribution in [0.4, 0.5) is 0 Å². The summed E-state index contributed by atoms with van der Waals surface area (Å²) >= 11 is 0. The maximum Gasteiger partial charge on any atom is 0.285 e. The van der Waals surface area contributed by atoms with Gasteiger partial charge in [0.15, 0.2) is 5.84 Å². The van der Waals surface area contributed by atoms with E-state index >= 15 is 0 Å². The fourth-order valence-corrected chi connectivity index (χ4v) is 6.09. The quantitative estimate of drug-likeness (QED) is 0.805. The Hall–Kier alpha value is -2.67. The normalized spacial score (nSPS) is 22.7. The van der Waals surface area contributed by atoms with Crippen molar-refractivity contribution in [3.05, 3.63) is 65.2 Å². The summed E-state index contributed by atoms with van der Waals surface area (Å²) in [5, 5.41) is 3.27. The predicted molar refractivity (Wildman–Crippen MR) is 115 cm³/mol. The first-order valence-corrected chi connectivity index (χ1v) is 12.0. The van der Waals surface area contributed by atoms with E-state index in [1.165, 1.54) is 11.1 Å². The Morgan fingerprint density at radius 2 is 1.73 bits per heavy atom. The molecule has 7 heteroatoms. The molecule has 3 aliphatic rings. The van der Waals surface area contributed by atoms with Gasteiger partial charge in [-0.15, -0.1) is 4.40 Å². The van der Waals surface area contributed by atoms with E-state index in [1.807, 2.05) is 17.0 Å². The lowest BCUT2D eigenvalue weighted by molar-refractivity contribution is -0.127. The summed E-state index contributed by atoms with van der Waals surface area (Å²) in [5.74, 6) is 0.576. The summed E-state index contributed by atoms with van der Waals surface area (Å²) in [4.78, 5) is 15.2. The molecule has 1 amide bonds. The van der Waals surface area contributed by atoms with Gasteiger partial charge < -0.3 is 10.2 Å². The largest absolute Gasteiger partial charge is 0.355 e. The van der Waals surface area contributed by atoms with Crippen LogP contribution in [-0.2, 0) is 21.2 Å². The van der Waals surface area contributed by atoms with Gasteiger partial charge in [-0.05, 0) is 55.4 Å². The minimum absolute atomic E-state index is 0.0517. The van der Waals surface area contributed by atoms with E-state index in [9.17, 15) is 13.2 Å². The van der Waals surface area contributed by atoms with Gasteiger partial charge in [0.2, 0.25) is 5.91 Å². The number of aryl methyl sites for hydroxylation is 1. The number of amidine groups is 1. The van der Waals surface area contributed by atoms with Crippen LogP contribution in [0, 0.1) is 5.92 Å². The van der Waals surface area contributed by atoms with Gasteiger partial charge in [0, 0.05) is 24.6 Å². The number of hydrogen-bond acceptors (Lipinski definition) is 4. The van der Waals surface area contributed by atoms with Gasteiger partial charge in [0.05, 0.1) is 6.04 Å². The first kappa shape index (κ1) is 19.3. The topological polar surface area (TPSA) is 78.8 Å². The average Bonchev–Trinajstić information content (AvgIpc) is 3.05. The lowest BCUT2D eigenvalue weighted by atomic mass is 9.87. The molecular formula is C23H25N3O3S. The highest BCUT2D eigenvalue weighted by atomic mass is 32.2. The minimum atomic E-state index is -3.61. The number of nitrogens with one attached hydrogen (secondary N) is 1. The Morgan fingerprint density at radius 1 is 1.00 bits per heavy atom. The summed E-state index contributed by atoms with van der Waals surface area (Å²) in [6.45, 7) is 1.25. The van der Waals surface area contributed by atoms with Crippen LogP contribution in [0.25, 0.3) is 0 Å². The number of fused-ring (bicyclic) bond motifs is 2. The van der Waals surface area contributed by atoms with Crippen LogP contribution in [0.3, 0.4) is 0 Å². The number of hydrogen-bond donors (Lipinski definition) is 1. The van der Waals surface area contributed by atoms with Crippen LogP contribution in [0.15, 0.2) is 57.8 Å². The molecule has 156 valence electrons. The van der Waals surface area contributed by atoms with Crippen LogP contribution in [0.2, 0.25) is 0 Å². The number of amides is 1. The summed E-state index contributed by atoms with van der Waals surface area (Å²) in [5.41, 5.74) is 3.25. The summed E-state index contributed by atoms with van der Waals surface area (Å²) in [6, 6.07) is 15.4. The van der Waals surface area contributed by atoms with Crippen molar-refractivity contribution >= 4 is 21.8 Å². The molecule has 30 heavy (non-hydrogen) atoms. The van der Waals surface area contributed by atoms with Gasteiger partial charge in [-0.25, -0.2) is 0 Å². The van der Waals surface area contributed by atoms with E-state index in [2.05, 4.69) is 27.9 Å². The zero-order chi connectivity index (χ0) is 20.7. The van der Waals surface area contributed by atoms with Gasteiger partial charge in [-0.3, -0.25) is 4.79 Å². The van der Waals surface area contributed by atoms with Crippen molar-refractivity contribution < 1.29 is 13.2 Å². The number of likely N-dealkylation sites (tertiary alicyclic amines) is 1. The second-order valence-electron chi connectivity index (χ2n) is 8.30. The molecule has 1 saturated heterocycles. The number of rotatable bonds is 2. The molecule has 0 aromatic heterocycles. The molecule has 0 saturated carbocycles. The third-order valence-electron chi connectivity index (χ3n) is 6.46. The molecule has 0 spiro atoms. The van der Waals surface area contributed by atoms with Gasteiger partial charge >= 0.3 is 0 Å². The number of carbonyl (C=O) groups is 1. The second-order valence-corrected chi connectivity index (χ2v) is 9.87. The number of sulfonamides is 1. The van der Waals surface area contributed by atoms with Gasteiger partial charge in [0.1, 0.15) is 4.90 Å². The molecule has 5 rings (SSSR count). The first-order chi connectivity index (χ1) is 14.5. The number of piperidine rings is 1. The van der Waals surface area contributed by atoms with E-state index in [0.29, 0.717) is 37.3 Å². The van der Waals surface area contributed by atoms with E-state index in [4.69, 9.17) is 0 Å². The molecular weight excluding hydrogens is 398 g/mol. The molecule has 2 aromatic carbocycles. The molecule has 2 aliphatic heterocycles. The molecule has 0 unspecified atom stereocenters. The molecule has 2 aromatic rings. The standard InChI is InChI=1S/C23H25N3O3S/c27-23(24-20-10-5-7-16-6-1-2-8-18(16)20)17-12-14-26(15-13-17)22-19-9-3-4-11-21(19)30(28,29)25-22/h1-4,6,8-9,11,17,20H,5,7,10,12-15H2,(H,24,27)/t20-/m1/s1.